The van der Waals surface area contributed by atoms with Crippen LogP contribution in [0.1, 0.15) is 42.5 Å². The van der Waals surface area contributed by atoms with E-state index in [1.54, 1.807) is 18.5 Å². The van der Waals surface area contributed by atoms with Crippen LogP contribution in [0, 0.1) is 17.8 Å². The van der Waals surface area contributed by atoms with Crippen molar-refractivity contribution in [3.8, 4) is 0 Å². The molecule has 2 nitrogen and oxygen atoms in total. The Morgan fingerprint density at radius 1 is 1.41 bits per heavy atom. The summed E-state index contributed by atoms with van der Waals surface area (Å²) in [5, 5.41) is 0.487. The second kappa shape index (κ2) is 4.41. The predicted molar refractivity (Wildman–Crippen MR) is 67.1 cm³/mol. The SMILES string of the molecule is O=C(CC1CC2CCC1C2)c1ccncc1Cl. The first-order chi connectivity index (χ1) is 8.24. The molecule has 3 rings (SSSR count). The molecule has 0 aliphatic heterocycles. The van der Waals surface area contributed by atoms with Crippen molar-refractivity contribution in [2.45, 2.75) is 32.1 Å². The van der Waals surface area contributed by atoms with Gasteiger partial charge in [0.15, 0.2) is 5.78 Å². The molecule has 0 saturated heterocycles. The number of nitrogens with zero attached hydrogens (tertiary/aromatic N) is 1. The first-order valence-electron chi connectivity index (χ1n) is 6.36. The number of hydrogen-bond acceptors (Lipinski definition) is 2. The van der Waals surface area contributed by atoms with Crippen molar-refractivity contribution < 1.29 is 4.79 Å². The Morgan fingerprint density at radius 3 is 2.94 bits per heavy atom. The molecule has 3 unspecified atom stereocenters. The summed E-state index contributed by atoms with van der Waals surface area (Å²) in [6.45, 7) is 0. The molecule has 0 aromatic carbocycles. The molecule has 2 fully saturated rings. The molecule has 3 atom stereocenters. The second-order valence-electron chi connectivity index (χ2n) is 5.42. The molecule has 1 aromatic heterocycles. The highest BCUT2D eigenvalue weighted by Crippen LogP contribution is 2.49. The predicted octanol–water partition coefficient (Wildman–Crippen LogP) is 3.74. The fourth-order valence-corrected chi connectivity index (χ4v) is 3.80. The van der Waals surface area contributed by atoms with Gasteiger partial charge in [-0.25, -0.2) is 0 Å². The zero-order valence-electron chi connectivity index (χ0n) is 9.73. The summed E-state index contributed by atoms with van der Waals surface area (Å²) in [5.74, 6) is 2.48. The lowest BCUT2D eigenvalue weighted by molar-refractivity contribution is 0.0944. The van der Waals surface area contributed by atoms with E-state index in [4.69, 9.17) is 11.6 Å². The number of pyridine rings is 1. The summed E-state index contributed by atoms with van der Waals surface area (Å²) in [4.78, 5) is 16.1. The second-order valence-corrected chi connectivity index (χ2v) is 5.82. The molecule has 0 amide bonds. The Bertz CT molecular complexity index is 446. The van der Waals surface area contributed by atoms with Crippen molar-refractivity contribution in [2.24, 2.45) is 17.8 Å². The third kappa shape index (κ3) is 2.11. The van der Waals surface area contributed by atoms with E-state index in [2.05, 4.69) is 4.98 Å². The van der Waals surface area contributed by atoms with E-state index in [0.29, 0.717) is 22.9 Å². The van der Waals surface area contributed by atoms with Gasteiger partial charge >= 0.3 is 0 Å². The lowest BCUT2D eigenvalue weighted by Gasteiger charge is -2.20. The summed E-state index contributed by atoms with van der Waals surface area (Å²) in [5.41, 5.74) is 0.643. The Hall–Kier alpha value is -0.890. The van der Waals surface area contributed by atoms with Gasteiger partial charge in [0, 0.05) is 24.4 Å². The van der Waals surface area contributed by atoms with Crippen LogP contribution in [0.3, 0.4) is 0 Å². The van der Waals surface area contributed by atoms with Crippen LogP contribution in [0.15, 0.2) is 18.5 Å². The number of carbonyl (C=O) groups excluding carboxylic acids is 1. The molecule has 3 heteroatoms. The third-order valence-electron chi connectivity index (χ3n) is 4.40. The van der Waals surface area contributed by atoms with Crippen LogP contribution in [0.2, 0.25) is 5.02 Å². The summed E-state index contributed by atoms with van der Waals surface area (Å²) in [6, 6.07) is 1.73. The van der Waals surface area contributed by atoms with E-state index < -0.39 is 0 Å². The van der Waals surface area contributed by atoms with Crippen LogP contribution in [0.4, 0.5) is 0 Å². The van der Waals surface area contributed by atoms with Crippen molar-refractivity contribution in [1.82, 2.24) is 4.98 Å². The van der Waals surface area contributed by atoms with Crippen molar-refractivity contribution in [2.75, 3.05) is 0 Å². The first-order valence-corrected chi connectivity index (χ1v) is 6.74. The zero-order valence-corrected chi connectivity index (χ0v) is 10.5. The van der Waals surface area contributed by atoms with Gasteiger partial charge in [0.25, 0.3) is 0 Å². The van der Waals surface area contributed by atoms with Crippen molar-refractivity contribution >= 4 is 17.4 Å². The largest absolute Gasteiger partial charge is 0.294 e. The standard InChI is InChI=1S/C14H16ClNO/c15-13-8-16-4-3-12(13)14(17)7-11-6-9-1-2-10(11)5-9/h3-4,8-11H,1-2,5-7H2. The minimum Gasteiger partial charge on any atom is -0.294 e. The van der Waals surface area contributed by atoms with E-state index in [1.807, 2.05) is 0 Å². The minimum absolute atomic E-state index is 0.190. The number of halogens is 1. The van der Waals surface area contributed by atoms with E-state index in [9.17, 15) is 4.79 Å². The molecular formula is C14H16ClNO. The Morgan fingerprint density at radius 2 is 2.29 bits per heavy atom. The van der Waals surface area contributed by atoms with Gasteiger partial charge in [-0.05, 0) is 43.1 Å². The van der Waals surface area contributed by atoms with Crippen molar-refractivity contribution in [3.05, 3.63) is 29.0 Å². The molecule has 1 heterocycles. The molecule has 0 spiro atoms. The van der Waals surface area contributed by atoms with Gasteiger partial charge in [0.05, 0.1) is 5.02 Å². The van der Waals surface area contributed by atoms with Gasteiger partial charge in [0.1, 0.15) is 0 Å². The number of aromatic nitrogens is 1. The number of fused-ring (bicyclic) bond motifs is 2. The maximum atomic E-state index is 12.2. The third-order valence-corrected chi connectivity index (χ3v) is 4.71. The number of Topliss-reactive ketones (excluding diaryl/α,β-unsaturated/α-hetero) is 1. The number of ketones is 1. The first kappa shape index (κ1) is 11.2. The summed E-state index contributed by atoms with van der Waals surface area (Å²) in [7, 11) is 0. The smallest absolute Gasteiger partial charge is 0.164 e. The lowest BCUT2D eigenvalue weighted by atomic mass is 9.84. The topological polar surface area (TPSA) is 30.0 Å². The van der Waals surface area contributed by atoms with Gasteiger partial charge in [-0.1, -0.05) is 18.0 Å². The zero-order chi connectivity index (χ0) is 11.8. The van der Waals surface area contributed by atoms with E-state index in [0.717, 1.165) is 11.8 Å². The van der Waals surface area contributed by atoms with Crippen LogP contribution >= 0.6 is 11.6 Å². The van der Waals surface area contributed by atoms with Gasteiger partial charge < -0.3 is 0 Å². The summed E-state index contributed by atoms with van der Waals surface area (Å²) in [6.07, 6.45) is 9.17. The monoisotopic (exact) mass is 249 g/mol. The maximum Gasteiger partial charge on any atom is 0.164 e. The Kier molecular flexibility index (Phi) is 2.91. The number of hydrogen-bond donors (Lipinski definition) is 0. The fraction of sp³-hybridized carbons (Fsp3) is 0.571. The van der Waals surface area contributed by atoms with Crippen LogP contribution in [-0.2, 0) is 0 Å². The van der Waals surface area contributed by atoms with Gasteiger partial charge in [0.2, 0.25) is 0 Å². The molecule has 17 heavy (non-hydrogen) atoms. The van der Waals surface area contributed by atoms with Gasteiger partial charge in [-0.3, -0.25) is 9.78 Å². The minimum atomic E-state index is 0.190. The van der Waals surface area contributed by atoms with E-state index >= 15 is 0 Å². The lowest BCUT2D eigenvalue weighted by Crippen LogP contribution is -2.15. The van der Waals surface area contributed by atoms with Crippen molar-refractivity contribution in [1.29, 1.82) is 0 Å². The van der Waals surface area contributed by atoms with Crippen LogP contribution in [0.25, 0.3) is 0 Å². The highest BCUT2D eigenvalue weighted by molar-refractivity contribution is 6.33. The molecule has 0 radical (unpaired) electrons. The van der Waals surface area contributed by atoms with Crippen molar-refractivity contribution in [3.63, 3.8) is 0 Å². The van der Waals surface area contributed by atoms with Crippen LogP contribution in [0.5, 0.6) is 0 Å². The quantitative estimate of drug-likeness (QED) is 0.764. The highest BCUT2D eigenvalue weighted by atomic mass is 35.5. The molecule has 2 bridgehead atoms. The fourth-order valence-electron chi connectivity index (χ4n) is 3.58. The molecule has 2 aliphatic rings. The Balaban J connectivity index is 1.70. The van der Waals surface area contributed by atoms with E-state index in [-0.39, 0.29) is 5.78 Å². The van der Waals surface area contributed by atoms with Crippen LogP contribution < -0.4 is 0 Å². The maximum absolute atomic E-state index is 12.2. The number of rotatable bonds is 3. The van der Waals surface area contributed by atoms with Crippen LogP contribution in [-0.4, -0.2) is 10.8 Å². The van der Waals surface area contributed by atoms with Gasteiger partial charge in [-0.2, -0.15) is 0 Å². The van der Waals surface area contributed by atoms with Gasteiger partial charge in [-0.15, -0.1) is 0 Å². The molecule has 2 aliphatic carbocycles. The summed E-state index contributed by atoms with van der Waals surface area (Å²) >= 11 is 6.00. The molecule has 1 aromatic rings. The Labute approximate surface area is 106 Å². The molecule has 2 saturated carbocycles. The van der Waals surface area contributed by atoms with E-state index in [1.165, 1.54) is 25.7 Å². The molecule has 90 valence electrons. The summed E-state index contributed by atoms with van der Waals surface area (Å²) < 4.78 is 0. The number of carbonyl (C=O) groups is 1. The molecular weight excluding hydrogens is 234 g/mol. The average Bonchev–Trinajstić information content (AvgIpc) is 2.91. The highest BCUT2D eigenvalue weighted by Gasteiger charge is 2.40. The average molecular weight is 250 g/mol. The normalized spacial score (nSPS) is 30.8. The molecule has 0 N–H and O–H groups in total.